The highest BCUT2D eigenvalue weighted by atomic mass is 32.1. The molecule has 1 saturated heterocycles. The van der Waals surface area contributed by atoms with Crippen LogP contribution in [0.15, 0.2) is 41.9 Å². The van der Waals surface area contributed by atoms with E-state index in [1.165, 1.54) is 0 Å². The number of hydrogen-bond acceptors (Lipinski definition) is 9. The number of aromatic nitrogens is 1. The molecule has 11 heteroatoms. The summed E-state index contributed by atoms with van der Waals surface area (Å²) < 4.78 is 12.3. The van der Waals surface area contributed by atoms with Crippen molar-refractivity contribution in [3.8, 4) is 0 Å². The van der Waals surface area contributed by atoms with Crippen LogP contribution >= 0.6 is 11.3 Å². The minimum absolute atomic E-state index is 0.0355. The number of carbonyl (C=O) groups excluding carboxylic acids is 4. The Balaban J connectivity index is 1.50. The number of Topliss-reactive ketones (excluding diaryl/α,β-unsaturated/α-hetero) is 2. The summed E-state index contributed by atoms with van der Waals surface area (Å²) in [5.74, 6) is -0.643. The van der Waals surface area contributed by atoms with E-state index in [-0.39, 0.29) is 78.0 Å². The van der Waals surface area contributed by atoms with Crippen LogP contribution in [0.2, 0.25) is 0 Å². The highest BCUT2D eigenvalue weighted by molar-refractivity contribution is 7.09. The van der Waals surface area contributed by atoms with Gasteiger partial charge in [0, 0.05) is 70.0 Å². The molecule has 0 unspecified atom stereocenters. The monoisotopic (exact) mass is 780 g/mol. The van der Waals surface area contributed by atoms with Crippen molar-refractivity contribution < 1.29 is 28.7 Å². The number of benzene rings is 1. The minimum Gasteiger partial charge on any atom is -0.379 e. The molecule has 2 fully saturated rings. The van der Waals surface area contributed by atoms with Gasteiger partial charge in [-0.05, 0) is 62.5 Å². The zero-order valence-corrected chi connectivity index (χ0v) is 35.7. The van der Waals surface area contributed by atoms with E-state index in [1.807, 2.05) is 75.0 Å². The van der Waals surface area contributed by atoms with E-state index >= 15 is 0 Å². The molecule has 8 atom stereocenters. The molecule has 306 valence electrons. The number of thiazole rings is 1. The Morgan fingerprint density at radius 1 is 0.909 bits per heavy atom. The molecule has 0 spiro atoms. The fourth-order valence-corrected chi connectivity index (χ4v) is 10.1. The first-order valence-electron chi connectivity index (χ1n) is 20.6. The molecule has 2 amide bonds. The number of likely N-dealkylation sites (tertiary alicyclic amines) is 1. The van der Waals surface area contributed by atoms with Crippen LogP contribution in [0.4, 0.5) is 0 Å². The topological polar surface area (TPSA) is 118 Å². The maximum absolute atomic E-state index is 14.4. The summed E-state index contributed by atoms with van der Waals surface area (Å²) in [6.07, 6.45) is 7.79. The Morgan fingerprint density at radius 2 is 1.60 bits per heavy atom. The van der Waals surface area contributed by atoms with E-state index in [4.69, 9.17) is 9.47 Å². The molecule has 2 aromatic rings. The molecule has 4 rings (SSSR count). The van der Waals surface area contributed by atoms with Crippen LogP contribution in [0.3, 0.4) is 0 Å². The van der Waals surface area contributed by atoms with Gasteiger partial charge in [0.05, 0.1) is 41.8 Å². The fraction of sp³-hybridized carbons (Fsp3) is 0.705. The Labute approximate surface area is 334 Å². The number of ketones is 2. The van der Waals surface area contributed by atoms with Gasteiger partial charge in [0.25, 0.3) is 0 Å². The van der Waals surface area contributed by atoms with Crippen molar-refractivity contribution >= 4 is 34.7 Å². The molecule has 2 aliphatic rings. The van der Waals surface area contributed by atoms with Crippen LogP contribution in [0.1, 0.15) is 109 Å². The van der Waals surface area contributed by atoms with E-state index in [0.29, 0.717) is 13.0 Å². The van der Waals surface area contributed by atoms with Crippen molar-refractivity contribution in [3.05, 3.63) is 52.5 Å². The summed E-state index contributed by atoms with van der Waals surface area (Å²) in [4.78, 5) is 64.5. The van der Waals surface area contributed by atoms with Crippen LogP contribution < -0.4 is 5.32 Å². The maximum atomic E-state index is 14.4. The van der Waals surface area contributed by atoms with Crippen molar-refractivity contribution in [1.82, 2.24) is 20.1 Å². The summed E-state index contributed by atoms with van der Waals surface area (Å²) >= 11 is 1.58. The molecule has 10 nitrogen and oxygen atoms in total. The largest absolute Gasteiger partial charge is 0.379 e. The molecule has 1 aliphatic carbocycles. The molecule has 1 N–H and O–H groups in total. The van der Waals surface area contributed by atoms with Crippen LogP contribution in [0.5, 0.6) is 0 Å². The van der Waals surface area contributed by atoms with Gasteiger partial charge >= 0.3 is 0 Å². The van der Waals surface area contributed by atoms with Gasteiger partial charge in [-0.1, -0.05) is 77.8 Å². The van der Waals surface area contributed by atoms with Crippen LogP contribution in [-0.4, -0.2) is 103 Å². The predicted octanol–water partition coefficient (Wildman–Crippen LogP) is 6.97. The van der Waals surface area contributed by atoms with Gasteiger partial charge in [-0.25, -0.2) is 4.98 Å². The predicted molar refractivity (Wildman–Crippen MR) is 219 cm³/mol. The quantitative estimate of drug-likeness (QED) is 0.136. The Morgan fingerprint density at radius 3 is 2.16 bits per heavy atom. The van der Waals surface area contributed by atoms with Crippen LogP contribution in [0.25, 0.3) is 0 Å². The van der Waals surface area contributed by atoms with Gasteiger partial charge in [0.1, 0.15) is 5.78 Å². The van der Waals surface area contributed by atoms with Gasteiger partial charge in [0.15, 0.2) is 5.78 Å². The van der Waals surface area contributed by atoms with E-state index < -0.39 is 24.0 Å². The summed E-state index contributed by atoms with van der Waals surface area (Å²) in [6.45, 7) is 10.5. The van der Waals surface area contributed by atoms with Crippen molar-refractivity contribution in [1.29, 1.82) is 0 Å². The number of carbonyl (C=O) groups is 4. The number of hydrogen-bond donors (Lipinski definition) is 1. The zero-order chi connectivity index (χ0) is 40.2. The summed E-state index contributed by atoms with van der Waals surface area (Å²) in [5.41, 5.74) is 1.16. The normalized spacial score (nSPS) is 20.3. The average molecular weight is 781 g/mol. The van der Waals surface area contributed by atoms with E-state index in [9.17, 15) is 19.2 Å². The first kappa shape index (κ1) is 44.7. The average Bonchev–Trinajstić information content (AvgIpc) is 3.98. The first-order chi connectivity index (χ1) is 26.3. The Bertz CT molecular complexity index is 1500. The van der Waals surface area contributed by atoms with Gasteiger partial charge in [-0.2, -0.15) is 0 Å². The van der Waals surface area contributed by atoms with E-state index in [1.54, 1.807) is 38.8 Å². The summed E-state index contributed by atoms with van der Waals surface area (Å²) in [7, 11) is 6.91. The number of likely N-dealkylation sites (N-methyl/N-ethyl adjacent to an activating group) is 2. The van der Waals surface area contributed by atoms with Gasteiger partial charge < -0.3 is 24.6 Å². The van der Waals surface area contributed by atoms with Gasteiger partial charge in [-0.15, -0.1) is 11.3 Å². The third-order valence-corrected chi connectivity index (χ3v) is 13.4. The number of amides is 2. The third-order valence-electron chi connectivity index (χ3n) is 12.4. The molecule has 55 heavy (non-hydrogen) atoms. The molecular formula is C44H68N4O6S. The van der Waals surface area contributed by atoms with Crippen LogP contribution in [-0.2, 0) is 35.1 Å². The second kappa shape index (κ2) is 21.5. The number of nitrogens with one attached hydrogen (secondary N) is 1. The highest BCUT2D eigenvalue weighted by Crippen LogP contribution is 2.36. The molecule has 0 radical (unpaired) electrons. The minimum atomic E-state index is -0.521. The molecule has 1 aromatic carbocycles. The number of methoxy groups -OCH3 is 2. The molecule has 1 saturated carbocycles. The first-order valence-corrected chi connectivity index (χ1v) is 21.5. The molecule has 1 aromatic heterocycles. The second-order valence-corrected chi connectivity index (χ2v) is 17.6. The smallest absolute Gasteiger partial charge is 0.226 e. The third kappa shape index (κ3) is 11.5. The lowest BCUT2D eigenvalue weighted by atomic mass is 9.83. The Hall–Kier alpha value is -2.99. The SMILES string of the molecule is CN[C@H](C(=O)C[C@H](C(=O)N(C)[C@@H](C1CCCC1)[C@@H](CC(=O)N1CCC[C@H]1[C@H](OC)[C@@H](C)C(=O)C[C@@H](Cc1ccccc1)c1nccs1)OC)C(C)C)C(C)C. The summed E-state index contributed by atoms with van der Waals surface area (Å²) in [5, 5.41) is 6.05. The van der Waals surface area contributed by atoms with Crippen molar-refractivity contribution in [3.63, 3.8) is 0 Å². The standard InChI is InChI=1S/C44H68N4O6S/c1-28(2)34(26-37(50)40(45-6)29(3)4)44(52)47(7)41(32-18-13-14-19-32)38(53-8)27-39(51)48-22-15-20-35(48)42(54-9)30(5)36(49)25-33(43-46-21-23-55-43)24-31-16-11-10-12-17-31/h10-12,16-17,21,23,28-30,32-35,38,40-42,45H,13-15,18-20,22,24-27H2,1-9H3/t30-,33+,34-,35-,38+,40-,41-,42+/m0/s1. The molecule has 1 aliphatic heterocycles. The lowest BCUT2D eigenvalue weighted by molar-refractivity contribution is -0.149. The highest BCUT2D eigenvalue weighted by Gasteiger charge is 2.44. The molecular weight excluding hydrogens is 713 g/mol. The van der Waals surface area contributed by atoms with Crippen molar-refractivity contribution in [2.75, 3.05) is 34.9 Å². The lowest BCUT2D eigenvalue weighted by Gasteiger charge is -2.41. The summed E-state index contributed by atoms with van der Waals surface area (Å²) in [6, 6.07) is 9.34. The van der Waals surface area contributed by atoms with Crippen molar-refractivity contribution in [2.45, 2.75) is 135 Å². The number of ether oxygens (including phenoxy) is 2. The number of nitrogens with zero attached hydrogens (tertiary/aromatic N) is 3. The van der Waals surface area contributed by atoms with E-state index in [0.717, 1.165) is 55.5 Å². The lowest BCUT2D eigenvalue weighted by Crippen LogP contribution is -2.54. The molecule has 2 heterocycles. The van der Waals surface area contributed by atoms with Gasteiger partial charge in [-0.3, -0.25) is 19.2 Å². The Kier molecular flexibility index (Phi) is 17.5. The van der Waals surface area contributed by atoms with E-state index in [2.05, 4.69) is 22.4 Å². The van der Waals surface area contributed by atoms with Gasteiger partial charge in [0.2, 0.25) is 11.8 Å². The zero-order valence-electron chi connectivity index (χ0n) is 34.9. The number of rotatable bonds is 22. The second-order valence-electron chi connectivity index (χ2n) is 16.7. The maximum Gasteiger partial charge on any atom is 0.226 e. The molecule has 0 bridgehead atoms. The van der Waals surface area contributed by atoms with Crippen molar-refractivity contribution in [2.24, 2.45) is 29.6 Å². The fourth-order valence-electron chi connectivity index (χ4n) is 9.36. The van der Waals surface area contributed by atoms with Crippen LogP contribution in [0, 0.1) is 29.6 Å².